The van der Waals surface area contributed by atoms with E-state index in [-0.39, 0.29) is 35.5 Å². The SMILES string of the molecule is COc1ccc(C(OC[C@H]2O[C@@H](n3cnc4c(NC(=O)c5ccccc5)ncnc43)C[C@@H]2OP(=O)([O-])Oc2ccccc2Cl)(c2ccccc2)c2ccc(OC)cc2)cc1. The van der Waals surface area contributed by atoms with Gasteiger partial charge in [-0.05, 0) is 65.2 Å². The van der Waals surface area contributed by atoms with Crippen LogP contribution in [0.2, 0.25) is 5.02 Å². The van der Waals surface area contributed by atoms with Gasteiger partial charge in [0.2, 0.25) is 0 Å². The van der Waals surface area contributed by atoms with Crippen molar-refractivity contribution in [3.8, 4) is 17.2 Å². The van der Waals surface area contributed by atoms with Crippen molar-refractivity contribution in [1.29, 1.82) is 0 Å². The molecule has 1 fully saturated rings. The van der Waals surface area contributed by atoms with Crippen LogP contribution >= 0.6 is 19.4 Å². The molecule has 4 atom stereocenters. The number of hydrogen-bond donors (Lipinski definition) is 1. The molecule has 1 unspecified atom stereocenters. The summed E-state index contributed by atoms with van der Waals surface area (Å²) in [6.07, 6.45) is -0.235. The average Bonchev–Trinajstić information content (AvgIpc) is 3.90. The van der Waals surface area contributed by atoms with Crippen molar-refractivity contribution in [1.82, 2.24) is 19.5 Å². The molecule has 14 nitrogen and oxygen atoms in total. The van der Waals surface area contributed by atoms with E-state index < -0.39 is 31.9 Å². The molecule has 1 saturated heterocycles. The van der Waals surface area contributed by atoms with Crippen LogP contribution in [0.15, 0.2) is 146 Å². The second kappa shape index (κ2) is 17.6. The van der Waals surface area contributed by atoms with Crippen LogP contribution in [0.3, 0.4) is 0 Å². The van der Waals surface area contributed by atoms with Crippen molar-refractivity contribution in [2.24, 2.45) is 0 Å². The van der Waals surface area contributed by atoms with Crippen LogP contribution in [0.4, 0.5) is 5.82 Å². The van der Waals surface area contributed by atoms with Crippen LogP contribution in [-0.2, 0) is 24.2 Å². The quantitative estimate of drug-likeness (QED) is 0.0782. The van der Waals surface area contributed by atoms with Gasteiger partial charge in [0.1, 0.15) is 41.5 Å². The number of carbonyl (C=O) groups excluding carboxylic acids is 1. The van der Waals surface area contributed by atoms with Crippen molar-refractivity contribution in [2.45, 2.75) is 30.5 Å². The van der Waals surface area contributed by atoms with Crippen LogP contribution in [0.5, 0.6) is 17.2 Å². The van der Waals surface area contributed by atoms with E-state index in [0.29, 0.717) is 28.2 Å². The number of phosphoric ester groups is 1. The van der Waals surface area contributed by atoms with Crippen LogP contribution in [0.1, 0.15) is 39.7 Å². The number of fused-ring (bicyclic) bond motifs is 1. The molecular weight excluding hydrogens is 809 g/mol. The fourth-order valence-corrected chi connectivity index (χ4v) is 8.39. The van der Waals surface area contributed by atoms with Crippen molar-refractivity contribution in [3.63, 3.8) is 0 Å². The molecule has 306 valence electrons. The first-order chi connectivity index (χ1) is 29.2. The number of phosphoric acid groups is 1. The minimum Gasteiger partial charge on any atom is -0.746 e. The number of para-hydroxylation sites is 1. The highest BCUT2D eigenvalue weighted by atomic mass is 35.5. The Balaban J connectivity index is 1.16. The standard InChI is InChI=1S/C44H39ClN5O9P/c1-54-33-21-17-31(18-22-33)44(30-13-7-4-8-14-30,32-19-23-34(55-2)24-20-32)56-26-38-37(59-60(52,53)58-36-16-10-9-15-35(36)45)25-39(57-38)50-28-48-40-41(46-27-47-42(40)50)49-43(51)29-11-5-3-6-12-29/h3-24,27-28,37-39H,25-26H2,1-2H3,(H,52,53)(H,46,47,49,51)/p-1/t37-,38+,39+/m0/s1. The number of nitrogens with zero attached hydrogens (tertiary/aromatic N) is 4. The predicted octanol–water partition coefficient (Wildman–Crippen LogP) is 7.98. The van der Waals surface area contributed by atoms with Gasteiger partial charge < -0.3 is 38.2 Å². The smallest absolute Gasteiger partial charge is 0.320 e. The van der Waals surface area contributed by atoms with Crippen LogP contribution in [0.25, 0.3) is 11.2 Å². The Morgan fingerprint density at radius 3 is 2.07 bits per heavy atom. The molecule has 0 radical (unpaired) electrons. The van der Waals surface area contributed by atoms with Gasteiger partial charge in [0.15, 0.2) is 17.0 Å². The normalized spacial score (nSPS) is 17.5. The van der Waals surface area contributed by atoms with Crippen LogP contribution < -0.4 is 24.2 Å². The van der Waals surface area contributed by atoms with Gasteiger partial charge in [0.25, 0.3) is 5.91 Å². The molecule has 2 aromatic heterocycles. The molecule has 1 aliphatic heterocycles. The Morgan fingerprint density at radius 1 is 0.833 bits per heavy atom. The summed E-state index contributed by atoms with van der Waals surface area (Å²) in [5.74, 6) is 1.00. The third kappa shape index (κ3) is 8.48. The first kappa shape index (κ1) is 40.7. The molecule has 3 heterocycles. The van der Waals surface area contributed by atoms with Crippen molar-refractivity contribution < 1.29 is 42.2 Å². The van der Waals surface area contributed by atoms with Crippen LogP contribution in [-0.4, -0.2) is 58.5 Å². The summed E-state index contributed by atoms with van der Waals surface area (Å²) >= 11 is 6.26. The molecule has 1 aliphatic rings. The van der Waals surface area contributed by atoms with E-state index in [1.54, 1.807) is 55.2 Å². The summed E-state index contributed by atoms with van der Waals surface area (Å²) in [7, 11) is -1.90. The number of amides is 1. The summed E-state index contributed by atoms with van der Waals surface area (Å²) in [4.78, 5) is 40.0. The Kier molecular flexibility index (Phi) is 11.9. The fourth-order valence-electron chi connectivity index (χ4n) is 7.16. The maximum absolute atomic E-state index is 13.6. The van der Waals surface area contributed by atoms with Gasteiger partial charge in [-0.1, -0.05) is 96.5 Å². The highest BCUT2D eigenvalue weighted by molar-refractivity contribution is 7.46. The van der Waals surface area contributed by atoms with E-state index >= 15 is 0 Å². The Morgan fingerprint density at radius 2 is 1.43 bits per heavy atom. The zero-order valence-electron chi connectivity index (χ0n) is 32.3. The lowest BCUT2D eigenvalue weighted by molar-refractivity contribution is -0.223. The van der Waals surface area contributed by atoms with Gasteiger partial charge in [-0.3, -0.25) is 13.9 Å². The number of rotatable bonds is 15. The summed E-state index contributed by atoms with van der Waals surface area (Å²) in [5.41, 5.74) is 2.08. The molecule has 0 aliphatic carbocycles. The van der Waals surface area contributed by atoms with E-state index in [0.717, 1.165) is 16.7 Å². The van der Waals surface area contributed by atoms with Gasteiger partial charge in [-0.25, -0.2) is 15.0 Å². The first-order valence-electron chi connectivity index (χ1n) is 18.8. The van der Waals surface area contributed by atoms with E-state index in [9.17, 15) is 14.3 Å². The zero-order chi connectivity index (χ0) is 41.7. The molecular formula is C44H38ClN5O9P-. The zero-order valence-corrected chi connectivity index (χ0v) is 33.9. The molecule has 0 spiro atoms. The Bertz CT molecular complexity index is 2570. The molecule has 60 heavy (non-hydrogen) atoms. The summed E-state index contributed by atoms with van der Waals surface area (Å²) in [6, 6.07) is 39.5. The molecule has 0 saturated carbocycles. The lowest BCUT2D eigenvalue weighted by Crippen LogP contribution is -2.38. The fraction of sp³-hybridized carbons (Fsp3) is 0.182. The van der Waals surface area contributed by atoms with Gasteiger partial charge in [-0.2, -0.15) is 0 Å². The monoisotopic (exact) mass is 846 g/mol. The third-order valence-electron chi connectivity index (χ3n) is 10.1. The number of hydrogen-bond acceptors (Lipinski definition) is 12. The summed E-state index contributed by atoms with van der Waals surface area (Å²) < 4.78 is 51.2. The van der Waals surface area contributed by atoms with Gasteiger partial charge >= 0.3 is 7.82 Å². The number of nitrogens with one attached hydrogen (secondary N) is 1. The van der Waals surface area contributed by atoms with Crippen molar-refractivity contribution in [3.05, 3.63) is 173 Å². The van der Waals surface area contributed by atoms with Crippen molar-refractivity contribution >= 4 is 42.3 Å². The van der Waals surface area contributed by atoms with Gasteiger partial charge in [0.05, 0.1) is 38.3 Å². The van der Waals surface area contributed by atoms with Crippen molar-refractivity contribution in [2.75, 3.05) is 26.1 Å². The molecule has 1 N–H and O–H groups in total. The minimum atomic E-state index is -5.08. The highest BCUT2D eigenvalue weighted by Crippen LogP contribution is 2.48. The molecule has 16 heteroatoms. The highest BCUT2D eigenvalue weighted by Gasteiger charge is 2.44. The number of aromatic nitrogens is 4. The van der Waals surface area contributed by atoms with E-state index in [1.807, 2.05) is 84.9 Å². The molecule has 8 rings (SSSR count). The predicted molar refractivity (Wildman–Crippen MR) is 221 cm³/mol. The number of halogens is 1. The average molecular weight is 847 g/mol. The molecule has 0 bridgehead atoms. The molecule has 5 aromatic carbocycles. The first-order valence-corrected chi connectivity index (χ1v) is 20.6. The van der Waals surface area contributed by atoms with E-state index in [2.05, 4.69) is 20.3 Å². The Labute approximate surface area is 350 Å². The van der Waals surface area contributed by atoms with Crippen LogP contribution in [0, 0.1) is 0 Å². The minimum absolute atomic E-state index is 0.00326. The van der Waals surface area contributed by atoms with E-state index in [4.69, 9.17) is 39.6 Å². The summed E-state index contributed by atoms with van der Waals surface area (Å²) in [6.45, 7) is -0.180. The lowest BCUT2D eigenvalue weighted by atomic mass is 9.80. The van der Waals surface area contributed by atoms with Gasteiger partial charge in [0, 0.05) is 12.0 Å². The van der Waals surface area contributed by atoms with Gasteiger partial charge in [-0.15, -0.1) is 0 Å². The Hall–Kier alpha value is -6.12. The number of benzene rings is 5. The maximum atomic E-state index is 13.6. The number of ether oxygens (including phenoxy) is 4. The maximum Gasteiger partial charge on any atom is 0.320 e. The largest absolute Gasteiger partial charge is 0.746 e. The second-order valence-corrected chi connectivity index (χ2v) is 15.4. The number of carbonyl (C=O) groups is 1. The molecule has 7 aromatic rings. The topological polar surface area (TPSA) is 168 Å². The third-order valence-corrected chi connectivity index (χ3v) is 11.3. The second-order valence-electron chi connectivity index (χ2n) is 13.7. The number of methoxy groups -OCH3 is 2. The number of anilines is 1. The summed E-state index contributed by atoms with van der Waals surface area (Å²) in [5, 5.41) is 2.89. The lowest BCUT2D eigenvalue weighted by Gasteiger charge is -2.37. The number of imidazole rings is 1. The molecule has 1 amide bonds. The van der Waals surface area contributed by atoms with E-state index in [1.165, 1.54) is 24.8 Å².